The van der Waals surface area contributed by atoms with Crippen LogP contribution in [0.2, 0.25) is 0 Å². The molecule has 0 fully saturated rings. The standard InChI is InChI=1S/C26H34N4O7/c1-7-36-23(33)12-16(2)30-15-22(32)29(6)20-10-8-17(13-18(20)24(30)34)9-11-21(31)28-14-19(27)25(35)37-26(3,4)5/h8,10,13,16,19H,7,12,14-15,27H2,1-6H3,(H,28,31). The lowest BCUT2D eigenvalue weighted by atomic mass is 10.1. The Balaban J connectivity index is 2.18. The van der Waals surface area contributed by atoms with Gasteiger partial charge in [-0.2, -0.15) is 0 Å². The van der Waals surface area contributed by atoms with Crippen LogP contribution in [-0.4, -0.2) is 79.0 Å². The number of ether oxygens (including phenoxy) is 2. The molecule has 0 saturated carbocycles. The summed E-state index contributed by atoms with van der Waals surface area (Å²) in [5.74, 6) is 2.53. The predicted molar refractivity (Wildman–Crippen MR) is 135 cm³/mol. The molecule has 0 aromatic heterocycles. The van der Waals surface area contributed by atoms with Crippen molar-refractivity contribution in [3.8, 4) is 11.8 Å². The second kappa shape index (κ2) is 12.4. The van der Waals surface area contributed by atoms with E-state index in [1.807, 2.05) is 0 Å². The largest absolute Gasteiger partial charge is 0.466 e. The molecule has 1 aliphatic rings. The first-order chi connectivity index (χ1) is 17.2. The van der Waals surface area contributed by atoms with Gasteiger partial charge in [0.2, 0.25) is 5.91 Å². The molecule has 37 heavy (non-hydrogen) atoms. The number of esters is 2. The zero-order valence-corrected chi connectivity index (χ0v) is 22.0. The van der Waals surface area contributed by atoms with Gasteiger partial charge in [0.05, 0.1) is 24.3 Å². The number of benzene rings is 1. The van der Waals surface area contributed by atoms with E-state index in [9.17, 15) is 24.0 Å². The van der Waals surface area contributed by atoms with Crippen LogP contribution in [0.1, 0.15) is 57.0 Å². The monoisotopic (exact) mass is 514 g/mol. The first-order valence-electron chi connectivity index (χ1n) is 11.9. The van der Waals surface area contributed by atoms with E-state index in [0.29, 0.717) is 11.3 Å². The van der Waals surface area contributed by atoms with Gasteiger partial charge in [0.15, 0.2) is 0 Å². The van der Waals surface area contributed by atoms with Crippen molar-refractivity contribution in [1.82, 2.24) is 10.2 Å². The van der Waals surface area contributed by atoms with Gasteiger partial charge in [-0.15, -0.1) is 0 Å². The zero-order valence-electron chi connectivity index (χ0n) is 22.0. The summed E-state index contributed by atoms with van der Waals surface area (Å²) >= 11 is 0. The number of carbonyl (C=O) groups is 5. The van der Waals surface area contributed by atoms with Gasteiger partial charge in [0, 0.05) is 31.1 Å². The average Bonchev–Trinajstić information content (AvgIpc) is 2.90. The van der Waals surface area contributed by atoms with E-state index >= 15 is 0 Å². The van der Waals surface area contributed by atoms with Crippen molar-refractivity contribution in [3.05, 3.63) is 29.3 Å². The van der Waals surface area contributed by atoms with Crippen molar-refractivity contribution in [2.24, 2.45) is 5.73 Å². The third-order valence-electron chi connectivity index (χ3n) is 5.34. The lowest BCUT2D eigenvalue weighted by Crippen LogP contribution is -2.45. The van der Waals surface area contributed by atoms with E-state index in [0.717, 1.165) is 0 Å². The number of nitrogens with two attached hydrogens (primary N) is 1. The van der Waals surface area contributed by atoms with Crippen LogP contribution in [-0.2, 0) is 28.7 Å². The van der Waals surface area contributed by atoms with Crippen molar-refractivity contribution in [1.29, 1.82) is 0 Å². The molecule has 0 aliphatic carbocycles. The number of fused-ring (bicyclic) bond motifs is 1. The Hall–Kier alpha value is -3.91. The first-order valence-corrected chi connectivity index (χ1v) is 11.9. The van der Waals surface area contributed by atoms with Crippen molar-refractivity contribution in [2.75, 3.05) is 31.6 Å². The normalized spacial score (nSPS) is 15.0. The number of amides is 3. The predicted octanol–water partition coefficient (Wildman–Crippen LogP) is 0.584. The summed E-state index contributed by atoms with van der Waals surface area (Å²) in [5, 5.41) is 2.45. The molecule has 0 radical (unpaired) electrons. The molecule has 11 nitrogen and oxygen atoms in total. The Morgan fingerprint density at radius 3 is 2.51 bits per heavy atom. The minimum absolute atomic E-state index is 0.0585. The molecule has 3 amide bonds. The molecule has 1 aliphatic heterocycles. The van der Waals surface area contributed by atoms with Crippen LogP contribution in [0.5, 0.6) is 0 Å². The van der Waals surface area contributed by atoms with Crippen LogP contribution >= 0.6 is 0 Å². The van der Waals surface area contributed by atoms with Gasteiger partial charge in [-0.25, -0.2) is 0 Å². The number of nitrogens with zero attached hydrogens (tertiary/aromatic N) is 2. The highest BCUT2D eigenvalue weighted by molar-refractivity contribution is 6.10. The fourth-order valence-corrected chi connectivity index (χ4v) is 3.45. The fraction of sp³-hybridized carbons (Fsp3) is 0.500. The van der Waals surface area contributed by atoms with Crippen molar-refractivity contribution >= 4 is 35.3 Å². The number of nitrogens with one attached hydrogen (secondary N) is 1. The highest BCUT2D eigenvalue weighted by Crippen LogP contribution is 2.27. The van der Waals surface area contributed by atoms with Crippen LogP contribution in [0, 0.1) is 11.8 Å². The number of rotatable bonds is 7. The van der Waals surface area contributed by atoms with E-state index in [1.165, 1.54) is 15.9 Å². The average molecular weight is 515 g/mol. The minimum atomic E-state index is -1.05. The summed E-state index contributed by atoms with van der Waals surface area (Å²) in [6.45, 7) is 8.34. The van der Waals surface area contributed by atoms with Crippen LogP contribution in [0.4, 0.5) is 5.69 Å². The Morgan fingerprint density at radius 1 is 1.22 bits per heavy atom. The zero-order chi connectivity index (χ0) is 27.9. The summed E-state index contributed by atoms with van der Waals surface area (Å²) in [6.07, 6.45) is -0.0585. The van der Waals surface area contributed by atoms with Crippen LogP contribution in [0.15, 0.2) is 18.2 Å². The smallest absolute Gasteiger partial charge is 0.325 e. The Bertz CT molecular complexity index is 1130. The molecular weight excluding hydrogens is 480 g/mol. The molecular formula is C26H34N4O7. The number of carbonyl (C=O) groups excluding carboxylic acids is 5. The van der Waals surface area contributed by atoms with Crippen molar-refractivity contribution in [3.63, 3.8) is 0 Å². The number of likely N-dealkylation sites (N-methyl/N-ethyl adjacent to an activating group) is 1. The van der Waals surface area contributed by atoms with E-state index in [2.05, 4.69) is 17.2 Å². The van der Waals surface area contributed by atoms with Gasteiger partial charge in [0.1, 0.15) is 18.2 Å². The highest BCUT2D eigenvalue weighted by atomic mass is 16.6. The summed E-state index contributed by atoms with van der Waals surface area (Å²) in [7, 11) is 1.56. The first kappa shape index (κ1) is 29.3. The van der Waals surface area contributed by atoms with E-state index in [4.69, 9.17) is 15.2 Å². The van der Waals surface area contributed by atoms with Gasteiger partial charge in [-0.05, 0) is 52.8 Å². The van der Waals surface area contributed by atoms with Gasteiger partial charge >= 0.3 is 11.9 Å². The van der Waals surface area contributed by atoms with Crippen molar-refractivity contribution < 1.29 is 33.4 Å². The summed E-state index contributed by atoms with van der Waals surface area (Å²) in [6, 6.07) is 3.02. The lowest BCUT2D eigenvalue weighted by Gasteiger charge is -2.26. The maximum absolute atomic E-state index is 13.3. The number of hydrogen-bond acceptors (Lipinski definition) is 8. The summed E-state index contributed by atoms with van der Waals surface area (Å²) in [4.78, 5) is 64.8. The Morgan fingerprint density at radius 2 is 1.89 bits per heavy atom. The Kier molecular flexibility index (Phi) is 9.80. The van der Waals surface area contributed by atoms with Crippen LogP contribution < -0.4 is 16.0 Å². The maximum Gasteiger partial charge on any atom is 0.325 e. The van der Waals surface area contributed by atoms with Crippen molar-refractivity contribution in [2.45, 2.75) is 58.7 Å². The molecule has 1 aromatic carbocycles. The molecule has 1 aromatic rings. The lowest BCUT2D eigenvalue weighted by molar-refractivity contribution is -0.156. The minimum Gasteiger partial charge on any atom is -0.466 e. The molecule has 3 N–H and O–H groups in total. The topological polar surface area (TPSA) is 148 Å². The molecule has 200 valence electrons. The quantitative estimate of drug-likeness (QED) is 0.397. The van der Waals surface area contributed by atoms with E-state index in [1.54, 1.807) is 53.8 Å². The summed E-state index contributed by atoms with van der Waals surface area (Å²) in [5.41, 5.74) is 6.01. The van der Waals surface area contributed by atoms with Crippen LogP contribution in [0.3, 0.4) is 0 Å². The van der Waals surface area contributed by atoms with Gasteiger partial charge in [-0.3, -0.25) is 24.0 Å². The molecule has 11 heteroatoms. The van der Waals surface area contributed by atoms with Gasteiger partial charge in [-0.1, -0.05) is 5.92 Å². The van der Waals surface area contributed by atoms with Crippen LogP contribution in [0.25, 0.3) is 0 Å². The fourth-order valence-electron chi connectivity index (χ4n) is 3.45. The highest BCUT2D eigenvalue weighted by Gasteiger charge is 2.33. The molecule has 0 saturated heterocycles. The van der Waals surface area contributed by atoms with Gasteiger partial charge in [0.25, 0.3) is 11.8 Å². The van der Waals surface area contributed by atoms with E-state index < -0.39 is 41.4 Å². The number of hydrogen-bond donors (Lipinski definition) is 2. The SMILES string of the molecule is CCOC(=O)CC(C)N1CC(=O)N(C)c2ccc(C#CC(=O)NCC(N)C(=O)OC(C)(C)C)cc2C1=O. The summed E-state index contributed by atoms with van der Waals surface area (Å²) < 4.78 is 10.1. The second-order valence-electron chi connectivity index (χ2n) is 9.58. The molecule has 2 atom stereocenters. The second-order valence-corrected chi connectivity index (χ2v) is 9.58. The molecule has 2 rings (SSSR count). The third-order valence-corrected chi connectivity index (χ3v) is 5.34. The molecule has 1 heterocycles. The molecule has 0 bridgehead atoms. The third kappa shape index (κ3) is 8.32. The Labute approximate surface area is 216 Å². The van der Waals surface area contributed by atoms with Gasteiger partial charge < -0.3 is 30.3 Å². The van der Waals surface area contributed by atoms with E-state index in [-0.39, 0.29) is 37.6 Å². The molecule has 0 spiro atoms. The maximum atomic E-state index is 13.3. The molecule has 2 unspecified atom stereocenters. The number of anilines is 1.